The van der Waals surface area contributed by atoms with Gasteiger partial charge in [0.2, 0.25) is 5.95 Å². The van der Waals surface area contributed by atoms with Crippen LogP contribution in [0.2, 0.25) is 0 Å². The van der Waals surface area contributed by atoms with E-state index in [9.17, 15) is 9.18 Å². The SMILES string of the molecule is CN(C)C1CCN(C(=O)c2ccnc(F)c2)C1. The highest BCUT2D eigenvalue weighted by Crippen LogP contribution is 2.16. The zero-order valence-corrected chi connectivity index (χ0v) is 10.1. The average Bonchev–Trinajstić information content (AvgIpc) is 2.77. The van der Waals surface area contributed by atoms with E-state index in [1.807, 2.05) is 14.1 Å². The molecule has 0 bridgehead atoms. The van der Waals surface area contributed by atoms with Gasteiger partial charge in [-0.15, -0.1) is 0 Å². The van der Waals surface area contributed by atoms with Crippen LogP contribution in [-0.2, 0) is 0 Å². The summed E-state index contributed by atoms with van der Waals surface area (Å²) >= 11 is 0. The van der Waals surface area contributed by atoms with Gasteiger partial charge in [0.05, 0.1) is 0 Å². The Balaban J connectivity index is 2.07. The molecule has 1 unspecified atom stereocenters. The summed E-state index contributed by atoms with van der Waals surface area (Å²) in [4.78, 5) is 19.4. The van der Waals surface area contributed by atoms with Crippen LogP contribution in [-0.4, -0.2) is 53.9 Å². The standard InChI is InChI=1S/C12H16FN3O/c1-15(2)10-4-6-16(8-10)12(17)9-3-5-14-11(13)7-9/h3,5,7,10H,4,6,8H2,1-2H3. The maximum Gasteiger partial charge on any atom is 0.254 e. The van der Waals surface area contributed by atoms with Crippen molar-refractivity contribution in [3.63, 3.8) is 0 Å². The number of hydrogen-bond donors (Lipinski definition) is 0. The smallest absolute Gasteiger partial charge is 0.254 e. The molecule has 1 aliphatic rings. The summed E-state index contributed by atoms with van der Waals surface area (Å²) in [6, 6.07) is 3.13. The second kappa shape index (κ2) is 4.79. The lowest BCUT2D eigenvalue weighted by atomic mass is 10.2. The second-order valence-electron chi connectivity index (χ2n) is 4.52. The molecule has 5 heteroatoms. The number of nitrogens with zero attached hydrogens (tertiary/aromatic N) is 3. The predicted molar refractivity (Wildman–Crippen MR) is 62.2 cm³/mol. The molecule has 4 nitrogen and oxygen atoms in total. The summed E-state index contributed by atoms with van der Waals surface area (Å²) in [7, 11) is 4.01. The van der Waals surface area contributed by atoms with Crippen molar-refractivity contribution in [2.45, 2.75) is 12.5 Å². The predicted octanol–water partition coefficient (Wildman–Crippen LogP) is 0.997. The molecule has 92 valence electrons. The molecule has 1 atom stereocenters. The minimum absolute atomic E-state index is 0.115. The van der Waals surface area contributed by atoms with Gasteiger partial charge in [-0.2, -0.15) is 4.39 Å². The third kappa shape index (κ3) is 2.61. The molecule has 17 heavy (non-hydrogen) atoms. The largest absolute Gasteiger partial charge is 0.337 e. The van der Waals surface area contributed by atoms with Crippen LogP contribution in [0, 0.1) is 5.95 Å². The molecule has 0 aliphatic carbocycles. The fourth-order valence-corrected chi connectivity index (χ4v) is 2.07. The van der Waals surface area contributed by atoms with Crippen molar-refractivity contribution in [1.82, 2.24) is 14.8 Å². The Morgan fingerprint density at radius 1 is 1.59 bits per heavy atom. The van der Waals surface area contributed by atoms with E-state index in [0.717, 1.165) is 13.0 Å². The number of amides is 1. The molecule has 0 radical (unpaired) electrons. The van der Waals surface area contributed by atoms with Gasteiger partial charge in [0, 0.05) is 37.0 Å². The van der Waals surface area contributed by atoms with E-state index in [2.05, 4.69) is 9.88 Å². The van der Waals surface area contributed by atoms with Gasteiger partial charge in [0.1, 0.15) is 0 Å². The second-order valence-corrected chi connectivity index (χ2v) is 4.52. The van der Waals surface area contributed by atoms with E-state index in [1.165, 1.54) is 12.3 Å². The van der Waals surface area contributed by atoms with Crippen molar-refractivity contribution in [1.29, 1.82) is 0 Å². The quantitative estimate of drug-likeness (QED) is 0.720. The minimum atomic E-state index is -0.612. The van der Waals surface area contributed by atoms with Crippen molar-refractivity contribution in [3.8, 4) is 0 Å². The summed E-state index contributed by atoms with van der Waals surface area (Å²) in [5.41, 5.74) is 0.372. The molecule has 1 aromatic rings. The topological polar surface area (TPSA) is 36.4 Å². The number of pyridine rings is 1. The van der Waals surface area contributed by atoms with Crippen LogP contribution >= 0.6 is 0 Å². The first-order valence-corrected chi connectivity index (χ1v) is 5.65. The molecular formula is C12H16FN3O. The number of likely N-dealkylation sites (tertiary alicyclic amines) is 1. The molecule has 1 fully saturated rings. The van der Waals surface area contributed by atoms with Gasteiger partial charge >= 0.3 is 0 Å². The van der Waals surface area contributed by atoms with E-state index in [4.69, 9.17) is 0 Å². The molecule has 1 amide bonds. The van der Waals surface area contributed by atoms with Gasteiger partial charge in [0.15, 0.2) is 0 Å². The van der Waals surface area contributed by atoms with Crippen LogP contribution in [0.1, 0.15) is 16.8 Å². The van der Waals surface area contributed by atoms with E-state index >= 15 is 0 Å². The molecular weight excluding hydrogens is 221 g/mol. The normalized spacial score (nSPS) is 20.0. The fourth-order valence-electron chi connectivity index (χ4n) is 2.07. The number of likely N-dealkylation sites (N-methyl/N-ethyl adjacent to an activating group) is 1. The Labute approximate surface area is 100 Å². The third-order valence-corrected chi connectivity index (χ3v) is 3.15. The summed E-state index contributed by atoms with van der Waals surface area (Å²) in [6.45, 7) is 1.43. The number of rotatable bonds is 2. The summed E-state index contributed by atoms with van der Waals surface area (Å²) in [6.07, 6.45) is 2.29. The van der Waals surface area contributed by atoms with Crippen molar-refractivity contribution in [2.24, 2.45) is 0 Å². The minimum Gasteiger partial charge on any atom is -0.337 e. The van der Waals surface area contributed by atoms with Gasteiger partial charge in [-0.1, -0.05) is 0 Å². The average molecular weight is 237 g/mol. The van der Waals surface area contributed by atoms with Crippen molar-refractivity contribution in [3.05, 3.63) is 29.8 Å². The van der Waals surface area contributed by atoms with Crippen LogP contribution in [0.3, 0.4) is 0 Å². The van der Waals surface area contributed by atoms with E-state index in [-0.39, 0.29) is 5.91 Å². The first-order valence-electron chi connectivity index (χ1n) is 5.65. The summed E-state index contributed by atoms with van der Waals surface area (Å²) < 4.78 is 12.9. The van der Waals surface area contributed by atoms with Crippen LogP contribution in [0.25, 0.3) is 0 Å². The maximum atomic E-state index is 12.9. The van der Waals surface area contributed by atoms with Gasteiger partial charge < -0.3 is 9.80 Å². The van der Waals surface area contributed by atoms with Crippen LogP contribution in [0.15, 0.2) is 18.3 Å². The number of carbonyl (C=O) groups is 1. The fraction of sp³-hybridized carbons (Fsp3) is 0.500. The first-order chi connectivity index (χ1) is 8.08. The van der Waals surface area contributed by atoms with Gasteiger partial charge in [-0.3, -0.25) is 4.79 Å². The number of aromatic nitrogens is 1. The highest BCUT2D eigenvalue weighted by atomic mass is 19.1. The third-order valence-electron chi connectivity index (χ3n) is 3.15. The Morgan fingerprint density at radius 3 is 2.94 bits per heavy atom. The Hall–Kier alpha value is -1.49. The van der Waals surface area contributed by atoms with Crippen LogP contribution < -0.4 is 0 Å². The summed E-state index contributed by atoms with van der Waals surface area (Å²) in [5, 5.41) is 0. The number of carbonyl (C=O) groups excluding carboxylic acids is 1. The van der Waals surface area contributed by atoms with E-state index < -0.39 is 5.95 Å². The summed E-state index contributed by atoms with van der Waals surface area (Å²) in [5.74, 6) is -0.727. The van der Waals surface area contributed by atoms with Gasteiger partial charge in [-0.25, -0.2) is 4.98 Å². The number of halogens is 1. The van der Waals surface area contributed by atoms with Gasteiger partial charge in [-0.05, 0) is 26.6 Å². The molecule has 0 N–H and O–H groups in total. The van der Waals surface area contributed by atoms with E-state index in [0.29, 0.717) is 18.2 Å². The van der Waals surface area contributed by atoms with Crippen LogP contribution in [0.5, 0.6) is 0 Å². The highest BCUT2D eigenvalue weighted by Gasteiger charge is 2.28. The molecule has 2 rings (SSSR count). The Kier molecular flexibility index (Phi) is 3.38. The Morgan fingerprint density at radius 2 is 2.35 bits per heavy atom. The highest BCUT2D eigenvalue weighted by molar-refractivity contribution is 5.94. The lowest BCUT2D eigenvalue weighted by molar-refractivity contribution is 0.0782. The van der Waals surface area contributed by atoms with Crippen molar-refractivity contribution >= 4 is 5.91 Å². The lowest BCUT2D eigenvalue weighted by Crippen LogP contribution is -2.34. The molecule has 2 heterocycles. The van der Waals surface area contributed by atoms with Crippen molar-refractivity contribution < 1.29 is 9.18 Å². The Bertz CT molecular complexity index is 422. The molecule has 0 aromatic carbocycles. The molecule has 1 aliphatic heterocycles. The van der Waals surface area contributed by atoms with Crippen LogP contribution in [0.4, 0.5) is 4.39 Å². The van der Waals surface area contributed by atoms with E-state index in [1.54, 1.807) is 11.0 Å². The maximum absolute atomic E-state index is 12.9. The molecule has 1 aromatic heterocycles. The zero-order valence-electron chi connectivity index (χ0n) is 10.1. The van der Waals surface area contributed by atoms with Gasteiger partial charge in [0.25, 0.3) is 5.91 Å². The van der Waals surface area contributed by atoms with Crippen molar-refractivity contribution in [2.75, 3.05) is 27.2 Å². The monoisotopic (exact) mass is 237 g/mol. The number of hydrogen-bond acceptors (Lipinski definition) is 3. The zero-order chi connectivity index (χ0) is 12.4. The molecule has 0 spiro atoms. The first kappa shape index (κ1) is 12.0. The molecule has 1 saturated heterocycles. The molecule has 0 saturated carbocycles. The lowest BCUT2D eigenvalue weighted by Gasteiger charge is -2.20.